The summed E-state index contributed by atoms with van der Waals surface area (Å²) >= 11 is 0. The van der Waals surface area contributed by atoms with Crippen molar-refractivity contribution < 1.29 is 4.79 Å². The summed E-state index contributed by atoms with van der Waals surface area (Å²) in [7, 11) is 1.79. The van der Waals surface area contributed by atoms with Gasteiger partial charge < -0.3 is 20.4 Å². The Bertz CT molecular complexity index is 801. The molecule has 2 N–H and O–H groups in total. The van der Waals surface area contributed by atoms with Gasteiger partial charge in [0.25, 0.3) is 5.91 Å². The van der Waals surface area contributed by atoms with Crippen LogP contribution in [0.1, 0.15) is 22.8 Å². The molecular formula is C20H27N7O. The van der Waals surface area contributed by atoms with Crippen molar-refractivity contribution in [3.63, 3.8) is 0 Å². The number of hydrogen-bond acceptors (Lipinski definition) is 5. The van der Waals surface area contributed by atoms with Crippen LogP contribution in [-0.2, 0) is 6.54 Å². The maximum absolute atomic E-state index is 12.0. The summed E-state index contributed by atoms with van der Waals surface area (Å²) in [5.74, 6) is 1.58. The van der Waals surface area contributed by atoms with Crippen molar-refractivity contribution in [1.29, 1.82) is 0 Å². The molecule has 2 heterocycles. The molecule has 1 fully saturated rings. The van der Waals surface area contributed by atoms with Crippen molar-refractivity contribution >= 4 is 17.8 Å². The number of hydrogen-bond donors (Lipinski definition) is 2. The van der Waals surface area contributed by atoms with Crippen LogP contribution in [0.4, 0.5) is 5.95 Å². The summed E-state index contributed by atoms with van der Waals surface area (Å²) in [6.07, 6.45) is 3.54. The highest BCUT2D eigenvalue weighted by Gasteiger charge is 2.21. The Morgan fingerprint density at radius 3 is 2.54 bits per heavy atom. The summed E-state index contributed by atoms with van der Waals surface area (Å²) in [5.41, 5.74) is 1.72. The molecule has 0 bridgehead atoms. The number of anilines is 1. The predicted octanol–water partition coefficient (Wildman–Crippen LogP) is 1.12. The second-order valence-corrected chi connectivity index (χ2v) is 6.48. The van der Waals surface area contributed by atoms with Crippen LogP contribution in [0.3, 0.4) is 0 Å². The number of rotatable bonds is 5. The first-order valence-corrected chi connectivity index (χ1v) is 9.56. The lowest BCUT2D eigenvalue weighted by molar-refractivity contribution is 0.0955. The zero-order chi connectivity index (χ0) is 19.8. The first-order valence-electron chi connectivity index (χ1n) is 9.56. The number of amides is 1. The Morgan fingerprint density at radius 1 is 1.11 bits per heavy atom. The molecule has 2 aromatic rings. The van der Waals surface area contributed by atoms with E-state index in [9.17, 15) is 4.79 Å². The van der Waals surface area contributed by atoms with Gasteiger partial charge in [-0.05, 0) is 30.7 Å². The predicted molar refractivity (Wildman–Crippen MR) is 110 cm³/mol. The summed E-state index contributed by atoms with van der Waals surface area (Å²) in [6, 6.07) is 9.48. The van der Waals surface area contributed by atoms with Crippen LogP contribution in [0, 0.1) is 0 Å². The van der Waals surface area contributed by atoms with Gasteiger partial charge in [-0.1, -0.05) is 12.1 Å². The van der Waals surface area contributed by atoms with Gasteiger partial charge >= 0.3 is 0 Å². The Kier molecular flexibility index (Phi) is 6.78. The monoisotopic (exact) mass is 381 g/mol. The number of aliphatic imine (C=N–C) groups is 1. The van der Waals surface area contributed by atoms with Crippen LogP contribution in [0.25, 0.3) is 0 Å². The molecule has 148 valence electrons. The number of carbonyl (C=O) groups excluding carboxylic acids is 1. The van der Waals surface area contributed by atoms with E-state index in [1.54, 1.807) is 19.4 Å². The van der Waals surface area contributed by atoms with Gasteiger partial charge in [-0.15, -0.1) is 0 Å². The maximum atomic E-state index is 12.0. The first-order chi connectivity index (χ1) is 13.7. The molecule has 8 nitrogen and oxygen atoms in total. The zero-order valence-corrected chi connectivity index (χ0v) is 16.4. The van der Waals surface area contributed by atoms with E-state index in [4.69, 9.17) is 0 Å². The molecule has 1 aliphatic rings. The van der Waals surface area contributed by atoms with Crippen molar-refractivity contribution in [2.75, 3.05) is 44.7 Å². The quantitative estimate of drug-likeness (QED) is 0.596. The Labute approximate surface area is 165 Å². The highest BCUT2D eigenvalue weighted by Crippen LogP contribution is 2.10. The molecule has 8 heteroatoms. The van der Waals surface area contributed by atoms with E-state index < -0.39 is 0 Å². The fourth-order valence-electron chi connectivity index (χ4n) is 3.17. The molecular weight excluding hydrogens is 354 g/mol. The molecule has 1 saturated heterocycles. The van der Waals surface area contributed by atoms with E-state index in [1.807, 2.05) is 37.3 Å². The largest absolute Gasteiger partial charge is 0.352 e. The minimum atomic E-state index is -0.0482. The Balaban J connectivity index is 1.54. The van der Waals surface area contributed by atoms with Crippen LogP contribution in [0.5, 0.6) is 0 Å². The molecule has 0 unspecified atom stereocenters. The van der Waals surface area contributed by atoms with Gasteiger partial charge in [0, 0.05) is 64.3 Å². The molecule has 0 atom stereocenters. The molecule has 0 spiro atoms. The van der Waals surface area contributed by atoms with Gasteiger partial charge in [0.1, 0.15) is 0 Å². The average Bonchev–Trinajstić information content (AvgIpc) is 2.76. The van der Waals surface area contributed by atoms with Crippen LogP contribution in [0.15, 0.2) is 47.7 Å². The standard InChI is InChI=1S/C20H27N7O/c1-3-22-18(28)17-7-4-6-16(14-17)15-25-19(21-2)26-10-12-27(13-11-26)20-23-8-5-9-24-20/h4-9,14H,3,10-13,15H2,1-2H3,(H,21,25)(H,22,28). The lowest BCUT2D eigenvalue weighted by Crippen LogP contribution is -2.52. The number of nitrogens with zero attached hydrogens (tertiary/aromatic N) is 5. The minimum absolute atomic E-state index is 0.0482. The normalized spacial score (nSPS) is 14.7. The van der Waals surface area contributed by atoms with E-state index in [1.165, 1.54) is 0 Å². The van der Waals surface area contributed by atoms with E-state index in [2.05, 4.69) is 35.4 Å². The van der Waals surface area contributed by atoms with Crippen molar-refractivity contribution in [1.82, 2.24) is 25.5 Å². The highest BCUT2D eigenvalue weighted by molar-refractivity contribution is 5.94. The second-order valence-electron chi connectivity index (χ2n) is 6.48. The van der Waals surface area contributed by atoms with Crippen LogP contribution >= 0.6 is 0 Å². The molecule has 1 aromatic carbocycles. The Morgan fingerprint density at radius 2 is 1.86 bits per heavy atom. The molecule has 3 rings (SSSR count). The molecule has 1 aromatic heterocycles. The van der Waals surface area contributed by atoms with Crippen molar-refractivity contribution in [2.45, 2.75) is 13.5 Å². The fraction of sp³-hybridized carbons (Fsp3) is 0.400. The minimum Gasteiger partial charge on any atom is -0.352 e. The maximum Gasteiger partial charge on any atom is 0.251 e. The fourth-order valence-corrected chi connectivity index (χ4v) is 3.17. The number of nitrogens with one attached hydrogen (secondary N) is 2. The summed E-state index contributed by atoms with van der Waals surface area (Å²) in [4.78, 5) is 29.5. The summed E-state index contributed by atoms with van der Waals surface area (Å²) < 4.78 is 0. The average molecular weight is 381 g/mol. The van der Waals surface area contributed by atoms with E-state index >= 15 is 0 Å². The lowest BCUT2D eigenvalue weighted by atomic mass is 10.1. The number of benzene rings is 1. The third-order valence-corrected chi connectivity index (χ3v) is 4.60. The van der Waals surface area contributed by atoms with Gasteiger partial charge in [-0.25, -0.2) is 9.97 Å². The molecule has 0 radical (unpaired) electrons. The summed E-state index contributed by atoms with van der Waals surface area (Å²) in [5, 5.41) is 6.23. The zero-order valence-electron chi connectivity index (χ0n) is 16.4. The number of piperazine rings is 1. The van der Waals surface area contributed by atoms with Gasteiger partial charge in [0.05, 0.1) is 0 Å². The van der Waals surface area contributed by atoms with Gasteiger partial charge in [-0.3, -0.25) is 9.79 Å². The molecule has 0 saturated carbocycles. The topological polar surface area (TPSA) is 85.8 Å². The molecule has 0 aliphatic carbocycles. The summed E-state index contributed by atoms with van der Waals surface area (Å²) in [6.45, 7) is 6.52. The van der Waals surface area contributed by atoms with E-state index in [0.717, 1.165) is 43.7 Å². The SMILES string of the molecule is CCNC(=O)c1cccc(CNC(=NC)N2CCN(c3ncccn3)CC2)c1. The number of carbonyl (C=O) groups is 1. The van der Waals surface area contributed by atoms with Crippen LogP contribution in [0.2, 0.25) is 0 Å². The van der Waals surface area contributed by atoms with Crippen LogP contribution in [-0.4, -0.2) is 66.5 Å². The number of guanidine groups is 1. The molecule has 1 aliphatic heterocycles. The van der Waals surface area contributed by atoms with E-state index in [0.29, 0.717) is 18.7 Å². The van der Waals surface area contributed by atoms with Crippen molar-refractivity contribution in [2.24, 2.45) is 4.99 Å². The lowest BCUT2D eigenvalue weighted by Gasteiger charge is -2.36. The Hall–Kier alpha value is -3.16. The first kappa shape index (κ1) is 19.6. The van der Waals surface area contributed by atoms with Gasteiger partial charge in [0.15, 0.2) is 5.96 Å². The van der Waals surface area contributed by atoms with Gasteiger partial charge in [0.2, 0.25) is 5.95 Å². The molecule has 28 heavy (non-hydrogen) atoms. The smallest absolute Gasteiger partial charge is 0.251 e. The molecule has 1 amide bonds. The van der Waals surface area contributed by atoms with Crippen LogP contribution < -0.4 is 15.5 Å². The van der Waals surface area contributed by atoms with Gasteiger partial charge in [-0.2, -0.15) is 0 Å². The number of aromatic nitrogens is 2. The highest BCUT2D eigenvalue weighted by atomic mass is 16.1. The van der Waals surface area contributed by atoms with Crippen molar-refractivity contribution in [3.05, 3.63) is 53.9 Å². The third kappa shape index (κ3) is 4.97. The van der Waals surface area contributed by atoms with E-state index in [-0.39, 0.29) is 5.91 Å². The second kappa shape index (κ2) is 9.68. The third-order valence-electron chi connectivity index (χ3n) is 4.60. The van der Waals surface area contributed by atoms with Crippen molar-refractivity contribution in [3.8, 4) is 0 Å².